The molecule has 4 heterocycles. The van der Waals surface area contributed by atoms with E-state index in [0.717, 1.165) is 55.3 Å². The van der Waals surface area contributed by atoms with Crippen LogP contribution in [0.5, 0.6) is 0 Å². The van der Waals surface area contributed by atoms with Gasteiger partial charge in [-0.15, -0.1) is 5.10 Å². The van der Waals surface area contributed by atoms with Crippen molar-refractivity contribution < 1.29 is 0 Å². The van der Waals surface area contributed by atoms with Gasteiger partial charge in [0.1, 0.15) is 17.2 Å². The zero-order valence-corrected chi connectivity index (χ0v) is 15.8. The summed E-state index contributed by atoms with van der Waals surface area (Å²) in [5.41, 5.74) is 4.08. The minimum atomic E-state index is 0.508. The average Bonchev–Trinajstić information content (AvgIpc) is 3.49. The molecule has 2 N–H and O–H groups in total. The molecular weight excluding hydrogens is 352 g/mol. The van der Waals surface area contributed by atoms with Crippen molar-refractivity contribution in [2.24, 2.45) is 0 Å². The molecule has 0 amide bonds. The van der Waals surface area contributed by atoms with Crippen molar-refractivity contribution in [3.05, 3.63) is 47.5 Å². The first-order chi connectivity index (χ1) is 13.8. The van der Waals surface area contributed by atoms with Crippen molar-refractivity contribution in [1.82, 2.24) is 35.3 Å². The number of fused-ring (bicyclic) bond motifs is 1. The summed E-state index contributed by atoms with van der Waals surface area (Å²) in [6.07, 6.45) is 9.37. The van der Waals surface area contributed by atoms with Gasteiger partial charge in [0, 0.05) is 23.5 Å². The Morgan fingerprint density at radius 1 is 1.18 bits per heavy atom. The summed E-state index contributed by atoms with van der Waals surface area (Å²) in [4.78, 5) is 13.9. The quantitative estimate of drug-likeness (QED) is 0.679. The van der Waals surface area contributed by atoms with Gasteiger partial charge in [-0.3, -0.25) is 9.67 Å². The van der Waals surface area contributed by atoms with Crippen LogP contribution in [0.1, 0.15) is 36.2 Å². The number of nitrogens with one attached hydrogen (secondary N) is 2. The van der Waals surface area contributed by atoms with Gasteiger partial charge in [-0.05, 0) is 50.8 Å². The van der Waals surface area contributed by atoms with Gasteiger partial charge in [0.25, 0.3) is 0 Å². The van der Waals surface area contributed by atoms with Gasteiger partial charge in [-0.2, -0.15) is 0 Å². The minimum absolute atomic E-state index is 0.508. The third-order valence-electron chi connectivity index (χ3n) is 5.42. The van der Waals surface area contributed by atoms with E-state index in [2.05, 4.69) is 25.9 Å². The molecule has 1 aliphatic carbocycles. The Hall–Kier alpha value is -2.87. The lowest BCUT2D eigenvalue weighted by atomic mass is 10.2. The van der Waals surface area contributed by atoms with Crippen molar-refractivity contribution in [3.63, 3.8) is 0 Å². The van der Waals surface area contributed by atoms with Crippen molar-refractivity contribution in [2.45, 2.75) is 51.2 Å². The zero-order chi connectivity index (χ0) is 18.8. The largest absolute Gasteiger partial charge is 0.364 e. The van der Waals surface area contributed by atoms with Crippen molar-refractivity contribution in [3.8, 4) is 11.5 Å². The highest BCUT2D eigenvalue weighted by molar-refractivity contribution is 5.57. The Labute approximate surface area is 163 Å². The molecule has 0 spiro atoms. The number of hydrogen-bond acceptors (Lipinski definition) is 7. The Morgan fingerprint density at radius 2 is 2.18 bits per heavy atom. The lowest BCUT2D eigenvalue weighted by molar-refractivity contribution is 0.466. The number of aromatic nitrogens is 6. The molecule has 1 saturated heterocycles. The van der Waals surface area contributed by atoms with Gasteiger partial charge >= 0.3 is 0 Å². The fraction of sp³-hybridized carbons (Fsp3) is 0.450. The first kappa shape index (κ1) is 17.2. The number of rotatable bonds is 6. The molecule has 0 saturated carbocycles. The Morgan fingerprint density at radius 3 is 3.04 bits per heavy atom. The minimum Gasteiger partial charge on any atom is -0.364 e. The summed E-state index contributed by atoms with van der Waals surface area (Å²) in [7, 11) is 0. The summed E-state index contributed by atoms with van der Waals surface area (Å²) in [5, 5.41) is 15.6. The van der Waals surface area contributed by atoms with E-state index in [1.807, 2.05) is 29.1 Å². The average molecular weight is 376 g/mol. The molecule has 1 fully saturated rings. The second kappa shape index (κ2) is 7.63. The number of nitrogens with zero attached hydrogens (tertiary/aromatic N) is 6. The van der Waals surface area contributed by atoms with E-state index in [-0.39, 0.29) is 0 Å². The van der Waals surface area contributed by atoms with Crippen LogP contribution >= 0.6 is 0 Å². The molecule has 8 nitrogen and oxygen atoms in total. The lowest BCUT2D eigenvalue weighted by Gasteiger charge is -2.11. The van der Waals surface area contributed by atoms with Gasteiger partial charge in [0.05, 0.1) is 19.3 Å². The van der Waals surface area contributed by atoms with Crippen LogP contribution in [-0.4, -0.2) is 42.5 Å². The number of anilines is 1. The maximum atomic E-state index is 4.77. The van der Waals surface area contributed by atoms with Gasteiger partial charge in [-0.25, -0.2) is 9.97 Å². The first-order valence-corrected chi connectivity index (χ1v) is 10.0. The van der Waals surface area contributed by atoms with Gasteiger partial charge in [0.15, 0.2) is 5.82 Å². The normalized spacial score (nSPS) is 18.4. The van der Waals surface area contributed by atoms with Crippen LogP contribution in [0.3, 0.4) is 0 Å². The number of aryl methyl sites for hydroxylation is 1. The Balaban J connectivity index is 1.32. The van der Waals surface area contributed by atoms with Gasteiger partial charge in [0.2, 0.25) is 0 Å². The van der Waals surface area contributed by atoms with Crippen LogP contribution in [-0.2, 0) is 25.9 Å². The molecule has 1 aliphatic heterocycles. The van der Waals surface area contributed by atoms with Crippen LogP contribution in [0.2, 0.25) is 0 Å². The SMILES string of the molecule is c1ccc(-c2nc3c(c(NCc4cn(C[C@@H]5CCCN5)nn4)n2)CCC3)nc1. The van der Waals surface area contributed by atoms with E-state index < -0.39 is 0 Å². The highest BCUT2D eigenvalue weighted by atomic mass is 15.4. The fourth-order valence-corrected chi connectivity index (χ4v) is 4.01. The van der Waals surface area contributed by atoms with Gasteiger partial charge < -0.3 is 10.6 Å². The molecule has 2 aliphatic rings. The van der Waals surface area contributed by atoms with Crippen LogP contribution in [0.15, 0.2) is 30.6 Å². The molecule has 0 aromatic carbocycles. The van der Waals surface area contributed by atoms with E-state index >= 15 is 0 Å². The second-order valence-electron chi connectivity index (χ2n) is 7.47. The van der Waals surface area contributed by atoms with Crippen LogP contribution in [0.4, 0.5) is 5.82 Å². The van der Waals surface area contributed by atoms with Crippen molar-refractivity contribution in [2.75, 3.05) is 11.9 Å². The summed E-state index contributed by atoms with van der Waals surface area (Å²) in [5.74, 6) is 1.58. The third-order valence-corrected chi connectivity index (χ3v) is 5.42. The molecule has 3 aromatic heterocycles. The zero-order valence-electron chi connectivity index (χ0n) is 15.8. The van der Waals surface area contributed by atoms with Crippen LogP contribution in [0.25, 0.3) is 11.5 Å². The van der Waals surface area contributed by atoms with Crippen molar-refractivity contribution in [1.29, 1.82) is 0 Å². The molecule has 3 aromatic rings. The van der Waals surface area contributed by atoms with Crippen LogP contribution in [0, 0.1) is 0 Å². The molecule has 5 rings (SSSR count). The van der Waals surface area contributed by atoms with E-state index in [9.17, 15) is 0 Å². The molecule has 0 unspecified atom stereocenters. The molecule has 144 valence electrons. The molecule has 1 atom stereocenters. The molecule has 0 bridgehead atoms. The van der Waals surface area contributed by atoms with E-state index in [0.29, 0.717) is 18.4 Å². The highest BCUT2D eigenvalue weighted by Gasteiger charge is 2.20. The van der Waals surface area contributed by atoms with Crippen molar-refractivity contribution >= 4 is 5.82 Å². The van der Waals surface area contributed by atoms with E-state index in [1.54, 1.807) is 6.20 Å². The fourth-order valence-electron chi connectivity index (χ4n) is 4.01. The van der Waals surface area contributed by atoms with E-state index in [1.165, 1.54) is 18.4 Å². The number of pyridine rings is 1. The molecule has 8 heteroatoms. The predicted octanol–water partition coefficient (Wildman–Crippen LogP) is 1.98. The summed E-state index contributed by atoms with van der Waals surface area (Å²) >= 11 is 0. The van der Waals surface area contributed by atoms with E-state index in [4.69, 9.17) is 9.97 Å². The maximum Gasteiger partial charge on any atom is 0.180 e. The smallest absolute Gasteiger partial charge is 0.180 e. The predicted molar refractivity (Wildman–Crippen MR) is 106 cm³/mol. The second-order valence-corrected chi connectivity index (χ2v) is 7.47. The molecule has 0 radical (unpaired) electrons. The topological polar surface area (TPSA) is 93.4 Å². The molecular formula is C20H24N8. The van der Waals surface area contributed by atoms with Crippen LogP contribution < -0.4 is 10.6 Å². The lowest BCUT2D eigenvalue weighted by Crippen LogP contribution is -2.26. The Kier molecular flexibility index (Phi) is 4.70. The third kappa shape index (κ3) is 3.60. The standard InChI is InChI=1S/C20H24N8/c1-2-9-22-18(7-1)20-24-17-8-3-6-16(17)19(25-20)23-11-15-13-28(27-26-15)12-14-5-4-10-21-14/h1-2,7,9,13-14,21H,3-6,8,10-12H2,(H,23,24,25)/t14-/m0/s1. The van der Waals surface area contributed by atoms with Gasteiger partial charge in [-0.1, -0.05) is 11.3 Å². The monoisotopic (exact) mass is 376 g/mol. The highest BCUT2D eigenvalue weighted by Crippen LogP contribution is 2.28. The first-order valence-electron chi connectivity index (χ1n) is 10.0. The Bertz CT molecular complexity index is 946. The summed E-state index contributed by atoms with van der Waals surface area (Å²) in [6, 6.07) is 6.32. The summed E-state index contributed by atoms with van der Waals surface area (Å²) in [6.45, 7) is 2.58. The molecule has 28 heavy (non-hydrogen) atoms. The summed E-state index contributed by atoms with van der Waals surface area (Å²) < 4.78 is 1.93. The number of hydrogen-bond donors (Lipinski definition) is 2. The maximum absolute atomic E-state index is 4.77.